The van der Waals surface area contributed by atoms with E-state index in [2.05, 4.69) is 16.4 Å². The summed E-state index contributed by atoms with van der Waals surface area (Å²) in [7, 11) is 0. The number of carbonyl (C=O) groups is 1. The van der Waals surface area contributed by atoms with Gasteiger partial charge in [-0.15, -0.1) is 11.3 Å². The van der Waals surface area contributed by atoms with E-state index in [1.54, 1.807) is 0 Å². The van der Waals surface area contributed by atoms with Crippen molar-refractivity contribution in [2.45, 2.75) is 25.8 Å². The molecule has 1 aliphatic rings. The molecule has 0 unspecified atom stereocenters. The third kappa shape index (κ3) is 2.36. The molecule has 0 aliphatic heterocycles. The average Bonchev–Trinajstić information content (AvgIpc) is 3.18. The van der Waals surface area contributed by atoms with Crippen molar-refractivity contribution in [2.24, 2.45) is 0 Å². The molecule has 0 radical (unpaired) electrons. The number of carbonyl (C=O) groups excluding carboxylic acids is 1. The normalized spacial score (nSPS) is 13.5. The fraction of sp³-hybridized carbons (Fsp3) is 0.235. The molecule has 2 aromatic heterocycles. The first-order valence-electron chi connectivity index (χ1n) is 7.25. The average molecular weight is 296 g/mol. The molecule has 1 aliphatic carbocycles. The monoisotopic (exact) mass is 296 g/mol. The van der Waals surface area contributed by atoms with Crippen LogP contribution in [-0.4, -0.2) is 10.9 Å². The van der Waals surface area contributed by atoms with Crippen molar-refractivity contribution in [1.82, 2.24) is 10.3 Å². The van der Waals surface area contributed by atoms with Gasteiger partial charge in [0.25, 0.3) is 5.91 Å². The second kappa shape index (κ2) is 5.04. The van der Waals surface area contributed by atoms with Gasteiger partial charge in [0.2, 0.25) is 0 Å². The van der Waals surface area contributed by atoms with Crippen LogP contribution in [0, 0.1) is 0 Å². The Bertz CT molecular complexity index is 794. The lowest BCUT2D eigenvalue weighted by molar-refractivity contribution is 0.0951. The molecule has 4 rings (SSSR count). The number of rotatable bonds is 3. The van der Waals surface area contributed by atoms with Crippen molar-refractivity contribution in [1.29, 1.82) is 0 Å². The Kier molecular flexibility index (Phi) is 3.04. The Balaban J connectivity index is 1.47. The fourth-order valence-corrected chi connectivity index (χ4v) is 4.14. The molecule has 0 saturated carbocycles. The van der Waals surface area contributed by atoms with E-state index in [9.17, 15) is 4.79 Å². The summed E-state index contributed by atoms with van der Waals surface area (Å²) in [6.45, 7) is 0.627. The lowest BCUT2D eigenvalue weighted by atomic mass is 10.1. The van der Waals surface area contributed by atoms with Gasteiger partial charge in [0, 0.05) is 32.4 Å². The summed E-state index contributed by atoms with van der Waals surface area (Å²) >= 11 is 1.84. The molecule has 0 bridgehead atoms. The molecule has 3 nitrogen and oxygen atoms in total. The van der Waals surface area contributed by atoms with E-state index < -0.39 is 0 Å². The van der Waals surface area contributed by atoms with Crippen LogP contribution in [0.2, 0.25) is 0 Å². The van der Waals surface area contributed by atoms with Crippen LogP contribution < -0.4 is 5.32 Å². The van der Waals surface area contributed by atoms with Gasteiger partial charge in [-0.3, -0.25) is 4.79 Å². The van der Waals surface area contributed by atoms with Gasteiger partial charge in [-0.25, -0.2) is 0 Å². The van der Waals surface area contributed by atoms with Crippen molar-refractivity contribution in [3.8, 4) is 0 Å². The number of fused-ring (bicyclic) bond motifs is 2. The topological polar surface area (TPSA) is 44.9 Å². The Morgan fingerprint density at radius 1 is 1.24 bits per heavy atom. The zero-order valence-corrected chi connectivity index (χ0v) is 12.4. The first kappa shape index (κ1) is 12.7. The molecule has 0 fully saturated rings. The minimum absolute atomic E-state index is 0.00772. The summed E-state index contributed by atoms with van der Waals surface area (Å²) < 4.78 is 0. The van der Waals surface area contributed by atoms with Crippen LogP contribution in [-0.2, 0) is 19.4 Å². The number of thiophene rings is 1. The predicted molar refractivity (Wildman–Crippen MR) is 85.8 cm³/mol. The molecule has 2 heterocycles. The molecule has 21 heavy (non-hydrogen) atoms. The van der Waals surface area contributed by atoms with Crippen LogP contribution in [0.25, 0.3) is 10.9 Å². The van der Waals surface area contributed by atoms with E-state index in [0.29, 0.717) is 12.1 Å². The maximum Gasteiger partial charge on any atom is 0.251 e. The van der Waals surface area contributed by atoms with Crippen molar-refractivity contribution >= 4 is 28.1 Å². The lowest BCUT2D eigenvalue weighted by Gasteiger charge is -2.04. The zero-order valence-electron chi connectivity index (χ0n) is 11.6. The van der Waals surface area contributed by atoms with Gasteiger partial charge in [0.15, 0.2) is 0 Å². The molecule has 0 atom stereocenters. The molecule has 4 heteroatoms. The highest BCUT2D eigenvalue weighted by molar-refractivity contribution is 7.12. The largest absolute Gasteiger partial charge is 0.361 e. The van der Waals surface area contributed by atoms with E-state index >= 15 is 0 Å². The number of aryl methyl sites for hydroxylation is 2. The molecule has 106 valence electrons. The van der Waals surface area contributed by atoms with Crippen molar-refractivity contribution in [2.75, 3.05) is 0 Å². The van der Waals surface area contributed by atoms with E-state index in [1.165, 1.54) is 34.6 Å². The van der Waals surface area contributed by atoms with Crippen molar-refractivity contribution in [3.05, 3.63) is 57.4 Å². The number of aromatic amines is 1. The number of hydrogen-bond acceptors (Lipinski definition) is 2. The highest BCUT2D eigenvalue weighted by atomic mass is 32.1. The third-order valence-corrected chi connectivity index (χ3v) is 5.27. The second-order valence-electron chi connectivity index (χ2n) is 5.48. The number of amides is 1. The third-order valence-electron chi connectivity index (χ3n) is 4.04. The van der Waals surface area contributed by atoms with Gasteiger partial charge >= 0.3 is 0 Å². The maximum absolute atomic E-state index is 12.2. The molecular weight excluding hydrogens is 280 g/mol. The van der Waals surface area contributed by atoms with Gasteiger partial charge < -0.3 is 10.3 Å². The lowest BCUT2D eigenvalue weighted by Crippen LogP contribution is -2.22. The Morgan fingerprint density at radius 3 is 3.10 bits per heavy atom. The van der Waals surface area contributed by atoms with Crippen LogP contribution in [0.15, 0.2) is 36.5 Å². The molecular formula is C17H16N2OS. The summed E-state index contributed by atoms with van der Waals surface area (Å²) in [5, 5.41) is 4.09. The van der Waals surface area contributed by atoms with Crippen molar-refractivity contribution in [3.63, 3.8) is 0 Å². The molecule has 1 aromatic carbocycles. The number of nitrogens with one attached hydrogen (secondary N) is 2. The number of benzene rings is 1. The highest BCUT2D eigenvalue weighted by Gasteiger charge is 2.15. The highest BCUT2D eigenvalue weighted by Crippen LogP contribution is 2.30. The standard InChI is InChI=1S/C17H16N2OS/c20-17(13-4-5-15-11(8-13)6-7-18-15)19-10-14-9-12-2-1-3-16(12)21-14/h4-9,18H,1-3,10H2,(H,19,20). The summed E-state index contributed by atoms with van der Waals surface area (Å²) in [5.41, 5.74) is 3.26. The minimum Gasteiger partial charge on any atom is -0.361 e. The fourth-order valence-electron chi connectivity index (χ4n) is 2.94. The van der Waals surface area contributed by atoms with Gasteiger partial charge in [-0.1, -0.05) is 0 Å². The first-order chi connectivity index (χ1) is 10.3. The first-order valence-corrected chi connectivity index (χ1v) is 8.07. The molecule has 0 saturated heterocycles. The van der Waals surface area contributed by atoms with Crippen LogP contribution in [0.3, 0.4) is 0 Å². The van der Waals surface area contributed by atoms with Crippen LogP contribution in [0.1, 0.15) is 32.1 Å². The summed E-state index contributed by atoms with van der Waals surface area (Å²) in [5.74, 6) is -0.00772. The van der Waals surface area contributed by atoms with Gasteiger partial charge in [-0.05, 0) is 55.2 Å². The SMILES string of the molecule is O=C(NCc1cc2c(s1)CCC2)c1ccc2[nH]ccc2c1. The van der Waals surface area contributed by atoms with Crippen LogP contribution in [0.4, 0.5) is 0 Å². The Morgan fingerprint density at radius 2 is 2.19 bits per heavy atom. The van der Waals surface area contributed by atoms with Crippen LogP contribution in [0.5, 0.6) is 0 Å². The Hall–Kier alpha value is -2.07. The van der Waals surface area contributed by atoms with Gasteiger partial charge in [0.1, 0.15) is 0 Å². The van der Waals surface area contributed by atoms with E-state index in [0.717, 1.165) is 10.9 Å². The summed E-state index contributed by atoms with van der Waals surface area (Å²) in [6.07, 6.45) is 5.58. The molecule has 3 aromatic rings. The maximum atomic E-state index is 12.2. The zero-order chi connectivity index (χ0) is 14.2. The Labute approximate surface area is 127 Å². The molecule has 0 spiro atoms. The van der Waals surface area contributed by atoms with E-state index in [-0.39, 0.29) is 5.91 Å². The number of aromatic nitrogens is 1. The van der Waals surface area contributed by atoms with Crippen LogP contribution >= 0.6 is 11.3 Å². The summed E-state index contributed by atoms with van der Waals surface area (Å²) in [4.78, 5) is 18.1. The van der Waals surface area contributed by atoms with E-state index in [4.69, 9.17) is 0 Å². The molecule has 1 amide bonds. The minimum atomic E-state index is -0.00772. The molecule has 2 N–H and O–H groups in total. The van der Waals surface area contributed by atoms with Gasteiger partial charge in [0.05, 0.1) is 6.54 Å². The smallest absolute Gasteiger partial charge is 0.251 e. The quantitative estimate of drug-likeness (QED) is 0.761. The second-order valence-corrected chi connectivity index (χ2v) is 6.70. The number of hydrogen-bond donors (Lipinski definition) is 2. The summed E-state index contributed by atoms with van der Waals surface area (Å²) in [6, 6.07) is 9.97. The van der Waals surface area contributed by atoms with Gasteiger partial charge in [-0.2, -0.15) is 0 Å². The van der Waals surface area contributed by atoms with E-state index in [1.807, 2.05) is 41.8 Å². The van der Waals surface area contributed by atoms with Crippen molar-refractivity contribution < 1.29 is 4.79 Å². The predicted octanol–water partition coefficient (Wildman–Crippen LogP) is 3.65. The number of H-pyrrole nitrogens is 1.